The van der Waals surface area contributed by atoms with Crippen LogP contribution >= 0.6 is 23.4 Å². The van der Waals surface area contributed by atoms with Crippen LogP contribution in [-0.4, -0.2) is 34.4 Å². The summed E-state index contributed by atoms with van der Waals surface area (Å²) in [5, 5.41) is 4.16. The average molecular weight is 327 g/mol. The first-order chi connectivity index (χ1) is 10.1. The average Bonchev–Trinajstić information content (AvgIpc) is 2.81. The van der Waals surface area contributed by atoms with Crippen molar-refractivity contribution in [3.05, 3.63) is 34.9 Å². The van der Waals surface area contributed by atoms with Crippen molar-refractivity contribution in [2.75, 3.05) is 11.5 Å². The minimum Gasteiger partial charge on any atom is -0.318 e. The summed E-state index contributed by atoms with van der Waals surface area (Å²) in [6, 6.07) is 7.88. The summed E-state index contributed by atoms with van der Waals surface area (Å²) in [6.45, 7) is 6.31. The molecule has 116 valence electrons. The van der Waals surface area contributed by atoms with E-state index >= 15 is 0 Å². The van der Waals surface area contributed by atoms with Crippen molar-refractivity contribution >= 4 is 29.3 Å². The highest BCUT2D eigenvalue weighted by atomic mass is 35.5. The van der Waals surface area contributed by atoms with Crippen LogP contribution in [0.3, 0.4) is 0 Å². The van der Waals surface area contributed by atoms with Crippen LogP contribution in [0.25, 0.3) is 0 Å². The molecule has 1 fully saturated rings. The molecule has 0 aliphatic carbocycles. The van der Waals surface area contributed by atoms with Gasteiger partial charge in [0.25, 0.3) is 0 Å². The first-order valence-electron chi connectivity index (χ1n) is 7.49. The van der Waals surface area contributed by atoms with E-state index < -0.39 is 0 Å². The Morgan fingerprint density at radius 1 is 1.43 bits per heavy atom. The van der Waals surface area contributed by atoms with E-state index in [1.165, 1.54) is 0 Å². The summed E-state index contributed by atoms with van der Waals surface area (Å²) in [5.41, 5.74) is 1.06. The molecule has 3 unspecified atom stereocenters. The number of nitrogens with zero attached hydrogens (tertiary/aromatic N) is 1. The second kappa shape index (κ2) is 7.52. The fourth-order valence-corrected chi connectivity index (χ4v) is 3.65. The van der Waals surface area contributed by atoms with Gasteiger partial charge in [-0.2, -0.15) is 11.8 Å². The van der Waals surface area contributed by atoms with E-state index in [2.05, 4.69) is 19.2 Å². The number of nitrogens with one attached hydrogen (secondary N) is 1. The van der Waals surface area contributed by atoms with Crippen molar-refractivity contribution in [2.24, 2.45) is 0 Å². The van der Waals surface area contributed by atoms with Crippen LogP contribution in [0.5, 0.6) is 0 Å². The highest BCUT2D eigenvalue weighted by Gasteiger charge is 2.40. The number of rotatable bonds is 6. The van der Waals surface area contributed by atoms with E-state index in [0.717, 1.165) is 23.5 Å². The molecule has 1 heterocycles. The highest BCUT2D eigenvalue weighted by molar-refractivity contribution is 7.99. The van der Waals surface area contributed by atoms with Gasteiger partial charge in [-0.15, -0.1) is 0 Å². The first kappa shape index (κ1) is 16.7. The lowest BCUT2D eigenvalue weighted by Gasteiger charge is -2.30. The normalized spacial score (nSPS) is 23.6. The quantitative estimate of drug-likeness (QED) is 0.865. The Morgan fingerprint density at radius 3 is 2.81 bits per heavy atom. The lowest BCUT2D eigenvalue weighted by Crippen LogP contribution is -2.40. The molecule has 21 heavy (non-hydrogen) atoms. The van der Waals surface area contributed by atoms with Gasteiger partial charge in [-0.25, -0.2) is 0 Å². The number of benzene rings is 1. The van der Waals surface area contributed by atoms with Crippen molar-refractivity contribution in [3.63, 3.8) is 0 Å². The van der Waals surface area contributed by atoms with Crippen LogP contribution in [-0.2, 0) is 4.79 Å². The number of thioether (sulfide) groups is 1. The van der Waals surface area contributed by atoms with Crippen LogP contribution in [0.4, 0.5) is 0 Å². The van der Waals surface area contributed by atoms with E-state index in [1.54, 1.807) is 0 Å². The summed E-state index contributed by atoms with van der Waals surface area (Å²) < 4.78 is 0. The third kappa shape index (κ3) is 3.74. The van der Waals surface area contributed by atoms with Crippen LogP contribution in [0, 0.1) is 0 Å². The molecule has 0 radical (unpaired) electrons. The number of hydrogen-bond donors (Lipinski definition) is 1. The molecule has 5 heteroatoms. The van der Waals surface area contributed by atoms with Crippen LogP contribution in [0.15, 0.2) is 24.3 Å². The summed E-state index contributed by atoms with van der Waals surface area (Å²) in [5.74, 6) is 2.22. The summed E-state index contributed by atoms with van der Waals surface area (Å²) >= 11 is 7.97. The van der Waals surface area contributed by atoms with Gasteiger partial charge in [0, 0.05) is 16.8 Å². The lowest BCUT2D eigenvalue weighted by atomic mass is 10.1. The molecule has 1 aliphatic rings. The molecule has 1 amide bonds. The Kier molecular flexibility index (Phi) is 5.97. The molecule has 0 bridgehead atoms. The second-order valence-corrected chi connectivity index (χ2v) is 7.09. The predicted molar refractivity (Wildman–Crippen MR) is 90.7 cm³/mol. The van der Waals surface area contributed by atoms with Gasteiger partial charge in [0.2, 0.25) is 5.91 Å². The van der Waals surface area contributed by atoms with Crippen molar-refractivity contribution in [1.82, 2.24) is 10.2 Å². The smallest absolute Gasteiger partial charge is 0.241 e. The van der Waals surface area contributed by atoms with E-state index in [0.29, 0.717) is 5.02 Å². The SMILES string of the molecule is CCSCC(C)N1C(=O)C(CC)NC1c1cccc(Cl)c1. The van der Waals surface area contributed by atoms with Gasteiger partial charge in [-0.3, -0.25) is 10.1 Å². The molecule has 1 N–H and O–H groups in total. The van der Waals surface area contributed by atoms with Gasteiger partial charge in [0.05, 0.1) is 6.04 Å². The molecule has 0 aromatic heterocycles. The standard InChI is InChI=1S/C16H23ClN2OS/c1-4-14-16(20)19(11(3)10-21-5-2)15(18-14)12-7-6-8-13(17)9-12/h6-9,11,14-15,18H,4-5,10H2,1-3H3. The van der Waals surface area contributed by atoms with Crippen LogP contribution < -0.4 is 5.32 Å². The van der Waals surface area contributed by atoms with E-state index in [9.17, 15) is 4.79 Å². The Labute approximate surface area is 136 Å². The van der Waals surface area contributed by atoms with Gasteiger partial charge >= 0.3 is 0 Å². The Bertz CT molecular complexity index is 497. The minimum absolute atomic E-state index is 0.0754. The second-order valence-electron chi connectivity index (χ2n) is 5.34. The Hall–Kier alpha value is -0.710. The number of carbonyl (C=O) groups is 1. The zero-order chi connectivity index (χ0) is 15.4. The zero-order valence-electron chi connectivity index (χ0n) is 12.8. The van der Waals surface area contributed by atoms with Gasteiger partial charge in [-0.05, 0) is 36.8 Å². The minimum atomic E-state index is -0.0944. The molecule has 0 saturated carbocycles. The van der Waals surface area contributed by atoms with Crippen molar-refractivity contribution in [1.29, 1.82) is 0 Å². The summed E-state index contributed by atoms with van der Waals surface area (Å²) in [6.07, 6.45) is 0.730. The molecular weight excluding hydrogens is 304 g/mol. The third-order valence-electron chi connectivity index (χ3n) is 3.80. The Balaban J connectivity index is 2.26. The molecule has 0 spiro atoms. The molecular formula is C16H23ClN2OS. The molecule has 1 aromatic carbocycles. The predicted octanol–water partition coefficient (Wildman–Crippen LogP) is 3.69. The van der Waals surface area contributed by atoms with Gasteiger partial charge in [-0.1, -0.05) is 37.6 Å². The maximum Gasteiger partial charge on any atom is 0.241 e. The molecule has 3 atom stereocenters. The van der Waals surface area contributed by atoms with E-state index in [1.807, 2.05) is 47.9 Å². The highest BCUT2D eigenvalue weighted by Crippen LogP contribution is 2.30. The number of carbonyl (C=O) groups excluding carboxylic acids is 1. The number of hydrogen-bond acceptors (Lipinski definition) is 3. The fraction of sp³-hybridized carbons (Fsp3) is 0.562. The fourth-order valence-electron chi connectivity index (χ4n) is 2.72. The maximum atomic E-state index is 12.6. The molecule has 1 aliphatic heterocycles. The lowest BCUT2D eigenvalue weighted by molar-refractivity contribution is -0.131. The summed E-state index contributed by atoms with van der Waals surface area (Å²) in [7, 11) is 0. The van der Waals surface area contributed by atoms with Crippen molar-refractivity contribution in [3.8, 4) is 0 Å². The van der Waals surface area contributed by atoms with Gasteiger partial charge < -0.3 is 4.90 Å². The first-order valence-corrected chi connectivity index (χ1v) is 9.03. The van der Waals surface area contributed by atoms with Gasteiger partial charge in [0.15, 0.2) is 0 Å². The topological polar surface area (TPSA) is 32.3 Å². The van der Waals surface area contributed by atoms with Crippen LogP contribution in [0.1, 0.15) is 38.9 Å². The monoisotopic (exact) mass is 326 g/mol. The number of halogens is 1. The summed E-state index contributed by atoms with van der Waals surface area (Å²) in [4.78, 5) is 14.6. The largest absolute Gasteiger partial charge is 0.318 e. The zero-order valence-corrected chi connectivity index (χ0v) is 14.4. The molecule has 1 saturated heterocycles. The maximum absolute atomic E-state index is 12.6. The molecule has 3 nitrogen and oxygen atoms in total. The van der Waals surface area contributed by atoms with Crippen molar-refractivity contribution < 1.29 is 4.79 Å². The van der Waals surface area contributed by atoms with E-state index in [-0.39, 0.29) is 24.2 Å². The molecule has 2 rings (SSSR count). The van der Waals surface area contributed by atoms with E-state index in [4.69, 9.17) is 11.6 Å². The number of amides is 1. The van der Waals surface area contributed by atoms with Crippen LogP contribution in [0.2, 0.25) is 5.02 Å². The Morgan fingerprint density at radius 2 is 2.19 bits per heavy atom. The van der Waals surface area contributed by atoms with Gasteiger partial charge in [0.1, 0.15) is 6.17 Å². The van der Waals surface area contributed by atoms with Crippen molar-refractivity contribution in [2.45, 2.75) is 45.4 Å². The molecule has 1 aromatic rings. The third-order valence-corrected chi connectivity index (χ3v) is 5.16.